The fraction of sp³-hybridized carbons (Fsp3) is 0.409. The first-order chi connectivity index (χ1) is 30.3. The zero-order valence-corrected chi connectivity index (χ0v) is 34.8. The van der Waals surface area contributed by atoms with Gasteiger partial charge in [0, 0.05) is 78.0 Å². The molecule has 18 heteroatoms. The molecule has 0 spiro atoms. The van der Waals surface area contributed by atoms with Gasteiger partial charge in [-0.25, -0.2) is 29.5 Å². The number of aryl methyl sites for hydroxylation is 2. The highest BCUT2D eigenvalue weighted by atomic mass is 16.5. The molecule has 2 N–H and O–H groups in total. The molecule has 0 aromatic carbocycles. The van der Waals surface area contributed by atoms with Gasteiger partial charge in [0.05, 0.1) is 24.3 Å². The van der Waals surface area contributed by atoms with Crippen LogP contribution in [0.1, 0.15) is 68.9 Å². The van der Waals surface area contributed by atoms with Crippen molar-refractivity contribution in [2.45, 2.75) is 38.5 Å². The zero-order chi connectivity index (χ0) is 44.1. The lowest BCUT2D eigenvalue weighted by Gasteiger charge is -2.24. The van der Waals surface area contributed by atoms with Crippen molar-refractivity contribution in [3.63, 3.8) is 0 Å². The summed E-state index contributed by atoms with van der Waals surface area (Å²) in [5.74, 6) is 1.79. The van der Waals surface area contributed by atoms with Crippen LogP contribution < -0.4 is 20.4 Å². The van der Waals surface area contributed by atoms with Crippen LogP contribution in [-0.4, -0.2) is 112 Å². The van der Waals surface area contributed by atoms with Crippen LogP contribution in [-0.2, 0) is 31.8 Å². The number of amides is 4. The van der Waals surface area contributed by atoms with Crippen LogP contribution >= 0.6 is 0 Å². The van der Waals surface area contributed by atoms with Crippen LogP contribution in [0.3, 0.4) is 0 Å². The Morgan fingerprint density at radius 2 is 1.18 bits per heavy atom. The Morgan fingerprint density at radius 3 is 1.53 bits per heavy atom. The standard InChI is InChI=1S/2C22H25N5O4/c2*1-30-8-3-4-17-10-20(24-12-18(17)11-23)26-22(29)27(13-16-7-9-31-15-16)21-6-2-5-19(14-28)25-21/h2*2,5-6,10,12,14,16H,3-4,7-9,13,15H2,1H3,(H,24,26,29)/t2*16-/m10/s1. The molecule has 6 heterocycles. The number of nitriles is 2. The molecule has 4 amide bonds. The third-order valence-electron chi connectivity index (χ3n) is 10.0. The number of urea groups is 2. The largest absolute Gasteiger partial charge is 0.385 e. The zero-order valence-electron chi connectivity index (χ0n) is 34.8. The minimum absolute atomic E-state index is 0.172. The first-order valence-electron chi connectivity index (χ1n) is 20.2. The number of nitrogens with zero attached hydrogens (tertiary/aromatic N) is 8. The summed E-state index contributed by atoms with van der Waals surface area (Å²) in [6.07, 6.45) is 8.65. The van der Waals surface area contributed by atoms with E-state index in [0.29, 0.717) is 113 Å². The molecular weight excluding hydrogens is 797 g/mol. The fourth-order valence-electron chi connectivity index (χ4n) is 6.76. The number of rotatable bonds is 18. The molecule has 2 atom stereocenters. The van der Waals surface area contributed by atoms with Crippen molar-refractivity contribution in [2.75, 3.05) is 87.4 Å². The predicted molar refractivity (Wildman–Crippen MR) is 228 cm³/mol. The monoisotopic (exact) mass is 846 g/mol. The lowest BCUT2D eigenvalue weighted by molar-refractivity contribution is 0.111. The molecule has 4 aromatic rings. The predicted octanol–water partition coefficient (Wildman–Crippen LogP) is 5.63. The SMILES string of the molecule is COCCCc1cc(NC(=O)N(C[C@@H]2CCOC2)c2cccc(C=O)n2)ncc1C#N.COCCCc1cc(NC(=O)N(C[C@H]2CCOC2)c2cccc(C=O)n2)ncc1C#N. The van der Waals surface area contributed by atoms with Crippen molar-refractivity contribution < 1.29 is 38.1 Å². The Bertz CT molecular complexity index is 2060. The second kappa shape index (κ2) is 24.5. The lowest BCUT2D eigenvalue weighted by atomic mass is 10.1. The van der Waals surface area contributed by atoms with Crippen LogP contribution in [0.25, 0.3) is 0 Å². The van der Waals surface area contributed by atoms with Gasteiger partial charge in [0.1, 0.15) is 46.8 Å². The average molecular weight is 847 g/mol. The minimum atomic E-state index is -0.414. The first-order valence-corrected chi connectivity index (χ1v) is 20.2. The molecule has 0 unspecified atom stereocenters. The number of carbonyl (C=O) groups is 4. The van der Waals surface area contributed by atoms with Crippen molar-refractivity contribution in [2.24, 2.45) is 11.8 Å². The summed E-state index contributed by atoms with van der Waals surface area (Å²) < 4.78 is 21.0. The maximum atomic E-state index is 13.1. The van der Waals surface area contributed by atoms with E-state index in [0.717, 1.165) is 36.8 Å². The molecule has 0 bridgehead atoms. The second-order valence-corrected chi connectivity index (χ2v) is 14.5. The van der Waals surface area contributed by atoms with Crippen molar-refractivity contribution in [3.8, 4) is 12.1 Å². The number of anilines is 4. The fourth-order valence-corrected chi connectivity index (χ4v) is 6.76. The summed E-state index contributed by atoms with van der Waals surface area (Å²) in [5.41, 5.74) is 3.01. The van der Waals surface area contributed by atoms with Gasteiger partial charge in [0.2, 0.25) is 0 Å². The van der Waals surface area contributed by atoms with Gasteiger partial charge in [0.15, 0.2) is 12.6 Å². The minimum Gasteiger partial charge on any atom is -0.385 e. The number of hydrogen-bond donors (Lipinski definition) is 2. The molecule has 4 aromatic heterocycles. The molecule has 2 fully saturated rings. The molecule has 0 aliphatic carbocycles. The Kier molecular flexibility index (Phi) is 18.3. The van der Waals surface area contributed by atoms with Crippen LogP contribution in [0, 0.1) is 34.5 Å². The van der Waals surface area contributed by atoms with E-state index in [2.05, 4.69) is 42.7 Å². The third-order valence-corrected chi connectivity index (χ3v) is 10.0. The van der Waals surface area contributed by atoms with Crippen molar-refractivity contribution >= 4 is 47.9 Å². The lowest BCUT2D eigenvalue weighted by Crippen LogP contribution is -2.39. The quantitative estimate of drug-likeness (QED) is 0.0913. The molecule has 62 heavy (non-hydrogen) atoms. The van der Waals surface area contributed by atoms with Crippen LogP contribution in [0.2, 0.25) is 0 Å². The molecule has 6 rings (SSSR count). The van der Waals surface area contributed by atoms with Crippen LogP contribution in [0.5, 0.6) is 0 Å². The summed E-state index contributed by atoms with van der Waals surface area (Å²) in [7, 11) is 3.25. The Morgan fingerprint density at radius 1 is 0.742 bits per heavy atom. The summed E-state index contributed by atoms with van der Waals surface area (Å²) in [5, 5.41) is 24.3. The Hall–Kier alpha value is -6.70. The molecule has 2 saturated heterocycles. The van der Waals surface area contributed by atoms with Gasteiger partial charge in [-0.15, -0.1) is 0 Å². The van der Waals surface area contributed by atoms with Gasteiger partial charge in [-0.05, 0) is 86.1 Å². The van der Waals surface area contributed by atoms with Crippen molar-refractivity contribution in [3.05, 3.63) is 94.6 Å². The number of aldehydes is 2. The number of ether oxygens (including phenoxy) is 4. The van der Waals surface area contributed by atoms with E-state index in [1.165, 1.54) is 22.2 Å². The van der Waals surface area contributed by atoms with E-state index in [1.807, 2.05) is 0 Å². The van der Waals surface area contributed by atoms with Crippen LogP contribution in [0.15, 0.2) is 60.9 Å². The average Bonchev–Trinajstić information content (AvgIpc) is 4.03. The van der Waals surface area contributed by atoms with E-state index in [9.17, 15) is 29.7 Å². The van der Waals surface area contributed by atoms with Gasteiger partial charge in [-0.3, -0.25) is 30.0 Å². The molecule has 18 nitrogen and oxygen atoms in total. The van der Waals surface area contributed by atoms with E-state index in [-0.39, 0.29) is 23.2 Å². The number of carbonyl (C=O) groups excluding carboxylic acids is 4. The van der Waals surface area contributed by atoms with Gasteiger partial charge >= 0.3 is 12.1 Å². The van der Waals surface area contributed by atoms with Gasteiger partial charge in [0.25, 0.3) is 0 Å². The van der Waals surface area contributed by atoms with E-state index in [1.54, 1.807) is 62.8 Å². The summed E-state index contributed by atoms with van der Waals surface area (Å²) in [6.45, 7) is 4.39. The van der Waals surface area contributed by atoms with Crippen LogP contribution in [0.4, 0.5) is 32.9 Å². The van der Waals surface area contributed by atoms with E-state index in [4.69, 9.17) is 18.9 Å². The molecule has 2 aliphatic heterocycles. The van der Waals surface area contributed by atoms with Crippen molar-refractivity contribution in [1.82, 2.24) is 19.9 Å². The highest BCUT2D eigenvalue weighted by Crippen LogP contribution is 2.23. The normalized spacial score (nSPS) is 15.3. The van der Waals surface area contributed by atoms with E-state index < -0.39 is 12.1 Å². The van der Waals surface area contributed by atoms with Gasteiger partial charge < -0.3 is 18.9 Å². The second-order valence-electron chi connectivity index (χ2n) is 14.5. The van der Waals surface area contributed by atoms with Gasteiger partial charge in [-0.2, -0.15) is 10.5 Å². The first kappa shape index (κ1) is 46.4. The smallest absolute Gasteiger partial charge is 0.328 e. The Balaban J connectivity index is 0.000000234. The molecule has 324 valence electrons. The summed E-state index contributed by atoms with van der Waals surface area (Å²) in [6, 6.07) is 16.8. The Labute approximate surface area is 360 Å². The molecule has 2 aliphatic rings. The topological polar surface area (TPSA) is 235 Å². The maximum absolute atomic E-state index is 13.1. The number of pyridine rings is 4. The number of aromatic nitrogens is 4. The number of nitrogens with one attached hydrogen (secondary N) is 2. The van der Waals surface area contributed by atoms with Gasteiger partial charge in [-0.1, -0.05) is 12.1 Å². The summed E-state index contributed by atoms with van der Waals surface area (Å²) in [4.78, 5) is 68.5. The maximum Gasteiger partial charge on any atom is 0.328 e. The molecule has 0 saturated carbocycles. The highest BCUT2D eigenvalue weighted by molar-refractivity contribution is 6.01. The number of methoxy groups -OCH3 is 2. The highest BCUT2D eigenvalue weighted by Gasteiger charge is 2.27. The number of hydrogen-bond acceptors (Lipinski definition) is 14. The molecule has 0 radical (unpaired) electrons. The molecular formula is C44H50N10O8. The third kappa shape index (κ3) is 13.7. The van der Waals surface area contributed by atoms with E-state index >= 15 is 0 Å². The van der Waals surface area contributed by atoms with Crippen molar-refractivity contribution in [1.29, 1.82) is 10.5 Å². The summed E-state index contributed by atoms with van der Waals surface area (Å²) >= 11 is 0.